The molecule has 236 valence electrons. The van der Waals surface area contributed by atoms with Crippen molar-refractivity contribution in [3.63, 3.8) is 0 Å². The fourth-order valence-electron chi connectivity index (χ4n) is 4.64. The van der Waals surface area contributed by atoms with Gasteiger partial charge in [0.15, 0.2) is 11.5 Å². The van der Waals surface area contributed by atoms with Gasteiger partial charge in [0.1, 0.15) is 56.4 Å². The minimum Gasteiger partial charge on any atom is -0.507 e. The summed E-state index contributed by atoms with van der Waals surface area (Å²) < 4.78 is 31.5. The normalized spacial score (nSPS) is 10.7. The Morgan fingerprint density at radius 2 is 0.804 bits per heavy atom. The van der Waals surface area contributed by atoms with Crippen molar-refractivity contribution < 1.29 is 48.2 Å². The Bertz CT molecular complexity index is 2010. The number of benzene rings is 4. The molecule has 0 unspecified atom stereocenters. The Balaban J connectivity index is 0.000000181. The largest absolute Gasteiger partial charge is 0.507 e. The van der Waals surface area contributed by atoms with Gasteiger partial charge in [-0.2, -0.15) is 0 Å². The SMILES string of the molecule is COc1ccc(-c2oc3cc(OC)cc(O)c3c(=O)c2O)cc1.COc1ccc(-c2oc3cc(OC)cc(O)c3c(=O)c2O)cc1. The average molecular weight is 629 g/mol. The van der Waals surface area contributed by atoms with E-state index in [4.69, 9.17) is 27.8 Å². The van der Waals surface area contributed by atoms with Crippen LogP contribution in [0.4, 0.5) is 0 Å². The molecule has 6 rings (SSSR count). The van der Waals surface area contributed by atoms with E-state index in [1.54, 1.807) is 48.5 Å². The lowest BCUT2D eigenvalue weighted by atomic mass is 10.1. The van der Waals surface area contributed by atoms with E-state index in [0.717, 1.165) is 0 Å². The summed E-state index contributed by atoms with van der Waals surface area (Å²) in [5.41, 5.74) is -0.172. The molecule has 2 heterocycles. The van der Waals surface area contributed by atoms with E-state index < -0.39 is 22.4 Å². The minimum absolute atomic E-state index is 0.0119. The Hall–Kier alpha value is -6.30. The molecule has 12 nitrogen and oxygen atoms in total. The predicted octanol–water partition coefficient (Wildman–Crippen LogP) is 5.78. The highest BCUT2D eigenvalue weighted by atomic mass is 16.5. The van der Waals surface area contributed by atoms with Gasteiger partial charge in [-0.15, -0.1) is 0 Å². The molecule has 2 aromatic heterocycles. The first-order valence-corrected chi connectivity index (χ1v) is 13.5. The summed E-state index contributed by atoms with van der Waals surface area (Å²) in [6, 6.07) is 18.9. The Morgan fingerprint density at radius 3 is 1.11 bits per heavy atom. The third kappa shape index (κ3) is 5.78. The molecule has 0 saturated carbocycles. The summed E-state index contributed by atoms with van der Waals surface area (Å²) in [5.74, 6) is 0.205. The van der Waals surface area contributed by atoms with Crippen LogP contribution in [0.5, 0.6) is 46.0 Å². The second-order valence-electron chi connectivity index (χ2n) is 9.71. The van der Waals surface area contributed by atoms with Crippen LogP contribution in [0, 0.1) is 0 Å². The Labute approximate surface area is 260 Å². The van der Waals surface area contributed by atoms with E-state index in [9.17, 15) is 30.0 Å². The maximum Gasteiger partial charge on any atom is 0.238 e. The molecule has 0 saturated heterocycles. The summed E-state index contributed by atoms with van der Waals surface area (Å²) in [7, 11) is 5.95. The van der Waals surface area contributed by atoms with E-state index in [1.807, 2.05) is 0 Å². The quantitative estimate of drug-likeness (QED) is 0.175. The zero-order valence-electron chi connectivity index (χ0n) is 25.0. The first-order chi connectivity index (χ1) is 22.1. The van der Waals surface area contributed by atoms with Crippen molar-refractivity contribution in [1.82, 2.24) is 0 Å². The van der Waals surface area contributed by atoms with Gasteiger partial charge in [0, 0.05) is 35.4 Å². The van der Waals surface area contributed by atoms with Crippen LogP contribution in [0.2, 0.25) is 0 Å². The van der Waals surface area contributed by atoms with Gasteiger partial charge in [0.25, 0.3) is 0 Å². The van der Waals surface area contributed by atoms with Crippen LogP contribution in [-0.4, -0.2) is 48.9 Å². The van der Waals surface area contributed by atoms with Crippen molar-refractivity contribution in [2.75, 3.05) is 28.4 Å². The van der Waals surface area contributed by atoms with E-state index >= 15 is 0 Å². The molecule has 0 aliphatic heterocycles. The maximum absolute atomic E-state index is 12.3. The van der Waals surface area contributed by atoms with Gasteiger partial charge in [-0.1, -0.05) is 0 Å². The van der Waals surface area contributed by atoms with Gasteiger partial charge >= 0.3 is 0 Å². The highest BCUT2D eigenvalue weighted by Gasteiger charge is 2.20. The molecule has 0 spiro atoms. The molecule has 4 N–H and O–H groups in total. The predicted molar refractivity (Wildman–Crippen MR) is 169 cm³/mol. The van der Waals surface area contributed by atoms with Gasteiger partial charge in [-0.05, 0) is 48.5 Å². The molecular weight excluding hydrogens is 600 g/mol. The van der Waals surface area contributed by atoms with Crippen LogP contribution in [0.15, 0.2) is 91.2 Å². The lowest BCUT2D eigenvalue weighted by molar-refractivity contribution is 0.406. The molecule has 46 heavy (non-hydrogen) atoms. The summed E-state index contributed by atoms with van der Waals surface area (Å²) in [5, 5.41) is 40.0. The first kappa shape index (κ1) is 31.1. The van der Waals surface area contributed by atoms with Gasteiger partial charge in [-0.3, -0.25) is 9.59 Å². The van der Waals surface area contributed by atoms with Crippen LogP contribution in [0.25, 0.3) is 44.6 Å². The number of methoxy groups -OCH3 is 4. The molecule has 0 aliphatic rings. The molecule has 0 bridgehead atoms. The first-order valence-electron chi connectivity index (χ1n) is 13.5. The van der Waals surface area contributed by atoms with E-state index in [-0.39, 0.29) is 45.0 Å². The van der Waals surface area contributed by atoms with Gasteiger partial charge in [0.2, 0.25) is 22.4 Å². The third-order valence-electron chi connectivity index (χ3n) is 7.02. The van der Waals surface area contributed by atoms with Crippen molar-refractivity contribution >= 4 is 21.9 Å². The minimum atomic E-state index is -0.711. The zero-order valence-corrected chi connectivity index (χ0v) is 25.0. The van der Waals surface area contributed by atoms with Crippen molar-refractivity contribution in [1.29, 1.82) is 0 Å². The fraction of sp³-hybridized carbons (Fsp3) is 0.118. The second kappa shape index (κ2) is 12.7. The number of phenols is 2. The van der Waals surface area contributed by atoms with Crippen LogP contribution < -0.4 is 29.8 Å². The number of aromatic hydroxyl groups is 4. The smallest absolute Gasteiger partial charge is 0.238 e. The molecule has 0 radical (unpaired) electrons. The number of hydrogen-bond donors (Lipinski definition) is 4. The molecule has 4 aromatic carbocycles. The van der Waals surface area contributed by atoms with Gasteiger partial charge in [0.05, 0.1) is 28.4 Å². The lowest BCUT2D eigenvalue weighted by Gasteiger charge is -2.09. The highest BCUT2D eigenvalue weighted by Crippen LogP contribution is 2.37. The Morgan fingerprint density at radius 1 is 0.478 bits per heavy atom. The zero-order chi connectivity index (χ0) is 33.1. The molecule has 12 heteroatoms. The van der Waals surface area contributed by atoms with Crippen molar-refractivity contribution in [3.05, 3.63) is 93.2 Å². The van der Waals surface area contributed by atoms with E-state index in [2.05, 4.69) is 0 Å². The summed E-state index contributed by atoms with van der Waals surface area (Å²) >= 11 is 0. The van der Waals surface area contributed by atoms with Crippen molar-refractivity contribution in [2.45, 2.75) is 0 Å². The highest BCUT2D eigenvalue weighted by molar-refractivity contribution is 5.89. The molecule has 0 aliphatic carbocycles. The number of fused-ring (bicyclic) bond motifs is 2. The number of hydrogen-bond acceptors (Lipinski definition) is 12. The molecule has 0 fully saturated rings. The van der Waals surface area contributed by atoms with Crippen LogP contribution in [0.1, 0.15) is 0 Å². The number of ether oxygens (including phenoxy) is 4. The Kier molecular flexibility index (Phi) is 8.62. The third-order valence-corrected chi connectivity index (χ3v) is 7.02. The standard InChI is InChI=1S/2C17H14O6/c2*1-21-10-5-3-9(4-6-10)17-16(20)15(19)14-12(18)7-11(22-2)8-13(14)23-17/h2*3-8,18,20H,1-2H3. The number of rotatable bonds is 6. The van der Waals surface area contributed by atoms with E-state index in [1.165, 1.54) is 52.7 Å². The molecular formula is C34H28O12. The monoisotopic (exact) mass is 628 g/mol. The van der Waals surface area contributed by atoms with Crippen molar-refractivity contribution in [3.8, 4) is 68.6 Å². The van der Waals surface area contributed by atoms with Crippen LogP contribution in [-0.2, 0) is 0 Å². The summed E-state index contributed by atoms with van der Waals surface area (Å²) in [6.45, 7) is 0. The summed E-state index contributed by atoms with van der Waals surface area (Å²) in [6.07, 6.45) is 0. The average Bonchev–Trinajstić information content (AvgIpc) is 3.07. The topological polar surface area (TPSA) is 178 Å². The maximum atomic E-state index is 12.3. The number of phenolic OH excluding ortho intramolecular Hbond substituents is 2. The fourth-order valence-corrected chi connectivity index (χ4v) is 4.64. The molecule has 0 atom stereocenters. The van der Waals surface area contributed by atoms with Crippen LogP contribution >= 0.6 is 0 Å². The van der Waals surface area contributed by atoms with Gasteiger partial charge < -0.3 is 48.2 Å². The van der Waals surface area contributed by atoms with E-state index in [0.29, 0.717) is 34.1 Å². The van der Waals surface area contributed by atoms with Gasteiger partial charge in [-0.25, -0.2) is 0 Å². The summed E-state index contributed by atoms with van der Waals surface area (Å²) in [4.78, 5) is 24.7. The van der Waals surface area contributed by atoms with Crippen LogP contribution in [0.3, 0.4) is 0 Å². The lowest BCUT2D eigenvalue weighted by Crippen LogP contribution is -2.03. The second-order valence-corrected chi connectivity index (χ2v) is 9.71. The molecule has 6 aromatic rings. The molecule has 0 amide bonds. The van der Waals surface area contributed by atoms with Crippen molar-refractivity contribution in [2.24, 2.45) is 0 Å².